The normalized spacial score (nSPS) is 43.7. The smallest absolute Gasteiger partial charge is 0.271 e. The van der Waals surface area contributed by atoms with E-state index >= 15 is 0 Å². The highest BCUT2D eigenvalue weighted by Crippen LogP contribution is 2.67. The fraction of sp³-hybridized carbons (Fsp3) is 0.741. The SMILES string of the molecule is C/C(=N\NC(=O)c1ccncc1)[C@H]1CC[C@H]2[C@@H]3CC[C@H]4C[C@H](O)CC[C@]4(C)[C@H]3CC[C@]12C. The monoisotopic (exact) mass is 437 g/mol. The van der Waals surface area contributed by atoms with E-state index in [1.165, 1.54) is 44.9 Å². The van der Waals surface area contributed by atoms with E-state index in [1.807, 2.05) is 0 Å². The van der Waals surface area contributed by atoms with Gasteiger partial charge in [-0.2, -0.15) is 5.10 Å². The molecule has 5 rings (SSSR count). The molecule has 2 N–H and O–H groups in total. The van der Waals surface area contributed by atoms with Crippen molar-refractivity contribution in [1.82, 2.24) is 10.4 Å². The van der Waals surface area contributed by atoms with Gasteiger partial charge in [-0.05, 0) is 111 Å². The molecule has 8 atom stereocenters. The summed E-state index contributed by atoms with van der Waals surface area (Å²) >= 11 is 0. The number of nitrogens with one attached hydrogen (secondary N) is 1. The lowest BCUT2D eigenvalue weighted by molar-refractivity contribution is -0.123. The standard InChI is InChI=1S/C27H39N3O2/c1-17(29-30-25(32)18-10-14-28-15-11-18)22-6-7-23-21-5-4-19-16-20(31)8-12-26(19,2)24(21)9-13-27(22,23)3/h10-11,14-15,19-24,31H,4-9,12-13,16H2,1-3H3,(H,30,32)/b29-17+/t19-,20+,21-,22+,23-,24-,26-,27+/m0/s1. The highest BCUT2D eigenvalue weighted by molar-refractivity contribution is 5.95. The van der Waals surface area contributed by atoms with Gasteiger partial charge in [0.1, 0.15) is 0 Å². The number of amides is 1. The largest absolute Gasteiger partial charge is 0.393 e. The molecule has 1 aromatic rings. The number of fused-ring (bicyclic) bond motifs is 5. The molecule has 4 fully saturated rings. The number of pyridine rings is 1. The molecule has 1 heterocycles. The van der Waals surface area contributed by atoms with E-state index in [-0.39, 0.29) is 17.4 Å². The molecule has 0 bridgehead atoms. The Morgan fingerprint density at radius 2 is 1.75 bits per heavy atom. The van der Waals surface area contributed by atoms with Crippen LogP contribution < -0.4 is 5.43 Å². The van der Waals surface area contributed by atoms with Crippen LogP contribution in [-0.2, 0) is 0 Å². The number of aliphatic hydroxyl groups is 1. The molecule has 0 aromatic carbocycles. The predicted octanol–water partition coefficient (Wildman–Crippen LogP) is 5.21. The van der Waals surface area contributed by atoms with Crippen LogP contribution in [0.1, 0.15) is 88.9 Å². The van der Waals surface area contributed by atoms with Crippen molar-refractivity contribution in [3.63, 3.8) is 0 Å². The van der Waals surface area contributed by atoms with Crippen LogP contribution in [0.5, 0.6) is 0 Å². The van der Waals surface area contributed by atoms with Crippen molar-refractivity contribution in [1.29, 1.82) is 0 Å². The van der Waals surface area contributed by atoms with Crippen molar-refractivity contribution in [2.75, 3.05) is 0 Å². The Hall–Kier alpha value is -1.75. The van der Waals surface area contributed by atoms with E-state index in [0.29, 0.717) is 22.8 Å². The van der Waals surface area contributed by atoms with Crippen LogP contribution in [0.2, 0.25) is 0 Å². The average molecular weight is 438 g/mol. The molecule has 0 spiro atoms. The molecule has 32 heavy (non-hydrogen) atoms. The number of aromatic nitrogens is 1. The highest BCUT2D eigenvalue weighted by atomic mass is 16.3. The maximum atomic E-state index is 12.4. The summed E-state index contributed by atoms with van der Waals surface area (Å²) in [7, 11) is 0. The number of rotatable bonds is 3. The van der Waals surface area contributed by atoms with E-state index in [4.69, 9.17) is 0 Å². The van der Waals surface area contributed by atoms with E-state index in [0.717, 1.165) is 36.3 Å². The van der Waals surface area contributed by atoms with Crippen molar-refractivity contribution in [2.24, 2.45) is 45.5 Å². The van der Waals surface area contributed by atoms with E-state index in [2.05, 4.69) is 36.3 Å². The fourth-order valence-corrected chi connectivity index (χ4v) is 8.71. The minimum atomic E-state index is -0.166. The Morgan fingerprint density at radius 1 is 1.03 bits per heavy atom. The topological polar surface area (TPSA) is 74.6 Å². The Morgan fingerprint density at radius 3 is 2.53 bits per heavy atom. The summed E-state index contributed by atoms with van der Waals surface area (Å²) in [5.41, 5.74) is 5.17. The van der Waals surface area contributed by atoms with Gasteiger partial charge in [0.15, 0.2) is 0 Å². The van der Waals surface area contributed by atoms with Crippen molar-refractivity contribution < 1.29 is 9.90 Å². The first-order valence-corrected chi connectivity index (χ1v) is 12.8. The van der Waals surface area contributed by atoms with Gasteiger partial charge >= 0.3 is 0 Å². The molecule has 4 aliphatic carbocycles. The van der Waals surface area contributed by atoms with Gasteiger partial charge in [0.2, 0.25) is 0 Å². The second-order valence-corrected chi connectivity index (χ2v) is 11.7. The summed E-state index contributed by atoms with van der Waals surface area (Å²) in [6.07, 6.45) is 14.1. The zero-order chi connectivity index (χ0) is 22.5. The van der Waals surface area contributed by atoms with Crippen LogP contribution in [0.3, 0.4) is 0 Å². The molecule has 1 aromatic heterocycles. The lowest BCUT2D eigenvalue weighted by Gasteiger charge is -2.61. The average Bonchev–Trinajstić information content (AvgIpc) is 3.15. The Bertz CT molecular complexity index is 886. The lowest BCUT2D eigenvalue weighted by atomic mass is 9.44. The molecule has 4 aliphatic rings. The van der Waals surface area contributed by atoms with Gasteiger partial charge in [0.05, 0.1) is 6.10 Å². The third kappa shape index (κ3) is 3.52. The summed E-state index contributed by atoms with van der Waals surface area (Å²) in [5, 5.41) is 14.8. The quantitative estimate of drug-likeness (QED) is 0.504. The fourth-order valence-electron chi connectivity index (χ4n) is 8.71. The summed E-state index contributed by atoms with van der Waals surface area (Å²) < 4.78 is 0. The highest BCUT2D eigenvalue weighted by Gasteiger charge is 2.60. The number of carbonyl (C=O) groups is 1. The Labute approximate surface area is 192 Å². The second-order valence-electron chi connectivity index (χ2n) is 11.7. The van der Waals surface area contributed by atoms with Gasteiger partial charge in [-0.3, -0.25) is 9.78 Å². The van der Waals surface area contributed by atoms with Crippen LogP contribution in [0.25, 0.3) is 0 Å². The third-order valence-corrected chi connectivity index (χ3v) is 10.4. The number of carbonyl (C=O) groups excluding carboxylic acids is 1. The molecule has 1 amide bonds. The van der Waals surface area contributed by atoms with Crippen LogP contribution in [-0.4, -0.2) is 27.8 Å². The van der Waals surface area contributed by atoms with Gasteiger partial charge in [0.25, 0.3) is 5.91 Å². The van der Waals surface area contributed by atoms with Crippen LogP contribution in [0.4, 0.5) is 0 Å². The molecule has 0 unspecified atom stereocenters. The first kappa shape index (κ1) is 22.1. The molecule has 5 nitrogen and oxygen atoms in total. The summed E-state index contributed by atoms with van der Waals surface area (Å²) in [6.45, 7) is 7.17. The molecule has 0 radical (unpaired) electrons. The second kappa shape index (κ2) is 8.23. The number of nitrogens with zero attached hydrogens (tertiary/aromatic N) is 2. The zero-order valence-electron chi connectivity index (χ0n) is 19.9. The van der Waals surface area contributed by atoms with Gasteiger partial charge in [-0.15, -0.1) is 0 Å². The van der Waals surface area contributed by atoms with Crippen LogP contribution >= 0.6 is 0 Å². The first-order chi connectivity index (χ1) is 15.3. The van der Waals surface area contributed by atoms with E-state index < -0.39 is 0 Å². The summed E-state index contributed by atoms with van der Waals surface area (Å²) in [5.74, 6) is 3.38. The first-order valence-electron chi connectivity index (χ1n) is 12.8. The van der Waals surface area contributed by atoms with Crippen molar-refractivity contribution in [3.05, 3.63) is 30.1 Å². The van der Waals surface area contributed by atoms with Gasteiger partial charge in [-0.1, -0.05) is 13.8 Å². The maximum absolute atomic E-state index is 12.4. The number of hydrogen-bond acceptors (Lipinski definition) is 4. The molecule has 174 valence electrons. The molecule has 5 heteroatoms. The van der Waals surface area contributed by atoms with Gasteiger partial charge in [0, 0.05) is 29.6 Å². The maximum Gasteiger partial charge on any atom is 0.271 e. The molecular weight excluding hydrogens is 398 g/mol. The number of aliphatic hydroxyl groups excluding tert-OH is 1. The molecule has 0 saturated heterocycles. The molecular formula is C27H39N3O2. The summed E-state index contributed by atoms with van der Waals surface area (Å²) in [4.78, 5) is 16.4. The Balaban J connectivity index is 1.31. The molecule has 0 aliphatic heterocycles. The minimum Gasteiger partial charge on any atom is -0.393 e. The van der Waals surface area contributed by atoms with E-state index in [9.17, 15) is 9.90 Å². The van der Waals surface area contributed by atoms with Crippen LogP contribution in [0.15, 0.2) is 29.6 Å². The zero-order valence-corrected chi connectivity index (χ0v) is 19.9. The van der Waals surface area contributed by atoms with Gasteiger partial charge in [-0.25, -0.2) is 5.43 Å². The molecule has 4 saturated carbocycles. The van der Waals surface area contributed by atoms with Gasteiger partial charge < -0.3 is 5.11 Å². The Kier molecular flexibility index (Phi) is 5.68. The van der Waals surface area contributed by atoms with Crippen molar-refractivity contribution in [3.8, 4) is 0 Å². The lowest BCUT2D eigenvalue weighted by Crippen LogP contribution is -2.54. The van der Waals surface area contributed by atoms with Crippen molar-refractivity contribution in [2.45, 2.75) is 84.7 Å². The number of hydrazone groups is 1. The minimum absolute atomic E-state index is 0.0736. The van der Waals surface area contributed by atoms with Crippen LogP contribution in [0, 0.1) is 40.4 Å². The van der Waals surface area contributed by atoms with E-state index in [1.54, 1.807) is 24.5 Å². The summed E-state index contributed by atoms with van der Waals surface area (Å²) in [6, 6.07) is 3.44. The van der Waals surface area contributed by atoms with Crippen molar-refractivity contribution >= 4 is 11.6 Å². The predicted molar refractivity (Wildman–Crippen MR) is 126 cm³/mol. The third-order valence-electron chi connectivity index (χ3n) is 10.4. The number of hydrogen-bond donors (Lipinski definition) is 2.